The van der Waals surface area contributed by atoms with Crippen molar-refractivity contribution in [3.63, 3.8) is 0 Å². The number of urea groups is 1. The molecule has 2 amide bonds. The van der Waals surface area contributed by atoms with Crippen LogP contribution in [0, 0.1) is 5.92 Å². The van der Waals surface area contributed by atoms with Gasteiger partial charge in [-0.2, -0.15) is 0 Å². The first-order chi connectivity index (χ1) is 8.04. The van der Waals surface area contributed by atoms with Gasteiger partial charge in [-0.15, -0.1) is 5.11 Å². The molecule has 0 saturated carbocycles. The number of azo groups is 1. The Morgan fingerprint density at radius 1 is 1.53 bits per heavy atom. The Hall–Kier alpha value is -1.72. The normalized spacial score (nSPS) is 20.7. The van der Waals surface area contributed by atoms with E-state index in [2.05, 4.69) is 17.2 Å². The van der Waals surface area contributed by atoms with Crippen LogP contribution >= 0.6 is 0 Å². The number of ether oxygens (including phenoxy) is 1. The zero-order chi connectivity index (χ0) is 12.8. The molecule has 0 spiro atoms. The summed E-state index contributed by atoms with van der Waals surface area (Å²) in [4.78, 5) is 22.2. The molecule has 94 valence electrons. The van der Waals surface area contributed by atoms with Crippen LogP contribution in [0.3, 0.4) is 0 Å². The highest BCUT2D eigenvalue weighted by atomic mass is 16.5. The molecule has 6 nitrogen and oxygen atoms in total. The van der Waals surface area contributed by atoms with Gasteiger partial charge in [0.1, 0.15) is 0 Å². The summed E-state index contributed by atoms with van der Waals surface area (Å²) < 4.78 is 4.94. The SMILES string of the molecule is CCOC(=O)C1=C(N=NC(N)=O)CC(C)CC1. The fourth-order valence-electron chi connectivity index (χ4n) is 1.74. The van der Waals surface area contributed by atoms with Crippen molar-refractivity contribution >= 4 is 12.0 Å². The monoisotopic (exact) mass is 239 g/mol. The van der Waals surface area contributed by atoms with Gasteiger partial charge >= 0.3 is 12.0 Å². The topological polar surface area (TPSA) is 94.1 Å². The first-order valence-electron chi connectivity index (χ1n) is 5.64. The third kappa shape index (κ3) is 3.97. The second kappa shape index (κ2) is 6.12. The van der Waals surface area contributed by atoms with E-state index >= 15 is 0 Å². The highest BCUT2D eigenvalue weighted by molar-refractivity contribution is 5.89. The number of primary amides is 1. The fourth-order valence-corrected chi connectivity index (χ4v) is 1.74. The number of allylic oxidation sites excluding steroid dienone is 1. The lowest BCUT2D eigenvalue weighted by Gasteiger charge is -2.20. The minimum absolute atomic E-state index is 0.318. The zero-order valence-electron chi connectivity index (χ0n) is 10.1. The second-order valence-corrected chi connectivity index (χ2v) is 4.03. The van der Waals surface area contributed by atoms with Gasteiger partial charge in [0.05, 0.1) is 17.9 Å². The molecule has 6 heteroatoms. The van der Waals surface area contributed by atoms with Crippen LogP contribution in [0.25, 0.3) is 0 Å². The van der Waals surface area contributed by atoms with E-state index in [0.717, 1.165) is 6.42 Å². The van der Waals surface area contributed by atoms with E-state index in [4.69, 9.17) is 10.5 Å². The summed E-state index contributed by atoms with van der Waals surface area (Å²) in [5.41, 5.74) is 5.91. The number of esters is 1. The van der Waals surface area contributed by atoms with E-state index in [1.165, 1.54) is 0 Å². The Morgan fingerprint density at radius 3 is 2.82 bits per heavy atom. The Morgan fingerprint density at radius 2 is 2.24 bits per heavy atom. The fraction of sp³-hybridized carbons (Fsp3) is 0.636. The molecule has 17 heavy (non-hydrogen) atoms. The average molecular weight is 239 g/mol. The third-order valence-electron chi connectivity index (χ3n) is 2.57. The molecule has 0 saturated heterocycles. The number of hydrogen-bond donors (Lipinski definition) is 1. The molecular formula is C11H17N3O3. The number of amides is 2. The van der Waals surface area contributed by atoms with Crippen molar-refractivity contribution in [3.05, 3.63) is 11.3 Å². The van der Waals surface area contributed by atoms with Gasteiger partial charge in [0.25, 0.3) is 0 Å². The molecule has 1 aliphatic carbocycles. The van der Waals surface area contributed by atoms with E-state index in [0.29, 0.717) is 36.6 Å². The van der Waals surface area contributed by atoms with Crippen LogP contribution in [0.2, 0.25) is 0 Å². The third-order valence-corrected chi connectivity index (χ3v) is 2.57. The minimum Gasteiger partial charge on any atom is -0.463 e. The highest BCUT2D eigenvalue weighted by Crippen LogP contribution is 2.30. The van der Waals surface area contributed by atoms with E-state index in [1.807, 2.05) is 0 Å². The first kappa shape index (κ1) is 13.3. The second-order valence-electron chi connectivity index (χ2n) is 4.03. The molecule has 1 unspecified atom stereocenters. The van der Waals surface area contributed by atoms with Crippen LogP contribution in [-0.2, 0) is 9.53 Å². The maximum absolute atomic E-state index is 11.7. The highest BCUT2D eigenvalue weighted by Gasteiger charge is 2.24. The molecule has 0 radical (unpaired) electrons. The summed E-state index contributed by atoms with van der Waals surface area (Å²) in [5.74, 6) is 0.0350. The van der Waals surface area contributed by atoms with Gasteiger partial charge in [-0.25, -0.2) is 9.59 Å². The molecule has 0 fully saturated rings. The van der Waals surface area contributed by atoms with E-state index in [1.54, 1.807) is 6.92 Å². The van der Waals surface area contributed by atoms with Gasteiger partial charge in [-0.1, -0.05) is 12.0 Å². The number of nitrogens with zero attached hydrogens (tertiary/aromatic N) is 2. The smallest absolute Gasteiger partial charge is 0.356 e. The van der Waals surface area contributed by atoms with Crippen molar-refractivity contribution in [3.8, 4) is 0 Å². The molecule has 1 aliphatic rings. The maximum Gasteiger partial charge on any atom is 0.356 e. The number of carbonyl (C=O) groups excluding carboxylic acids is 2. The molecule has 2 N–H and O–H groups in total. The van der Waals surface area contributed by atoms with Gasteiger partial charge in [0.2, 0.25) is 0 Å². The summed E-state index contributed by atoms with van der Waals surface area (Å²) >= 11 is 0. The van der Waals surface area contributed by atoms with Crippen LogP contribution < -0.4 is 5.73 Å². The van der Waals surface area contributed by atoms with Crippen LogP contribution in [-0.4, -0.2) is 18.6 Å². The Labute approximate surface area is 99.9 Å². The van der Waals surface area contributed by atoms with Gasteiger partial charge < -0.3 is 10.5 Å². The molecule has 1 rings (SSSR count). The Balaban J connectivity index is 2.93. The van der Waals surface area contributed by atoms with E-state index in [9.17, 15) is 9.59 Å². The van der Waals surface area contributed by atoms with Crippen LogP contribution in [0.15, 0.2) is 21.5 Å². The van der Waals surface area contributed by atoms with Gasteiger partial charge in [-0.3, -0.25) is 0 Å². The first-order valence-corrected chi connectivity index (χ1v) is 5.64. The molecule has 0 aromatic carbocycles. The molecule has 1 atom stereocenters. The molecule has 0 bridgehead atoms. The number of carbonyl (C=O) groups is 2. The Bertz CT molecular complexity index is 374. The molecular weight excluding hydrogens is 222 g/mol. The summed E-state index contributed by atoms with van der Waals surface area (Å²) in [5, 5.41) is 7.02. The van der Waals surface area contributed by atoms with Crippen molar-refractivity contribution in [1.29, 1.82) is 0 Å². The largest absolute Gasteiger partial charge is 0.463 e. The average Bonchev–Trinajstić information content (AvgIpc) is 2.26. The molecule has 0 aromatic rings. The lowest BCUT2D eigenvalue weighted by molar-refractivity contribution is -0.138. The maximum atomic E-state index is 11.7. The van der Waals surface area contributed by atoms with Gasteiger partial charge in [0, 0.05) is 0 Å². The molecule has 0 aliphatic heterocycles. The number of nitrogens with two attached hydrogens (primary N) is 1. The van der Waals surface area contributed by atoms with Crippen molar-refractivity contribution in [2.75, 3.05) is 6.61 Å². The van der Waals surface area contributed by atoms with Crippen molar-refractivity contribution in [2.45, 2.75) is 33.1 Å². The number of hydrogen-bond acceptors (Lipinski definition) is 4. The van der Waals surface area contributed by atoms with Gasteiger partial charge in [0.15, 0.2) is 0 Å². The van der Waals surface area contributed by atoms with E-state index in [-0.39, 0.29) is 5.97 Å². The van der Waals surface area contributed by atoms with Crippen molar-refractivity contribution < 1.29 is 14.3 Å². The summed E-state index contributed by atoms with van der Waals surface area (Å²) in [7, 11) is 0. The van der Waals surface area contributed by atoms with Crippen molar-refractivity contribution in [1.82, 2.24) is 0 Å². The lowest BCUT2D eigenvalue weighted by Crippen LogP contribution is -2.16. The van der Waals surface area contributed by atoms with E-state index < -0.39 is 6.03 Å². The summed E-state index contributed by atoms with van der Waals surface area (Å²) in [6.45, 7) is 4.12. The van der Waals surface area contributed by atoms with Crippen molar-refractivity contribution in [2.24, 2.45) is 21.9 Å². The molecule has 0 aromatic heterocycles. The molecule has 0 heterocycles. The zero-order valence-corrected chi connectivity index (χ0v) is 10.1. The quantitative estimate of drug-likeness (QED) is 0.603. The Kier molecular flexibility index (Phi) is 4.81. The standard InChI is InChI=1S/C11H17N3O3/c1-3-17-10(15)8-5-4-7(2)6-9(8)13-14-11(12)16/h7H,3-6H2,1-2H3,(H2,12,16). The number of rotatable bonds is 3. The minimum atomic E-state index is -0.862. The van der Waals surface area contributed by atoms with Crippen LogP contribution in [0.4, 0.5) is 4.79 Å². The van der Waals surface area contributed by atoms with Crippen LogP contribution in [0.1, 0.15) is 33.1 Å². The predicted octanol–water partition coefficient (Wildman–Crippen LogP) is 2.15. The van der Waals surface area contributed by atoms with Crippen LogP contribution in [0.5, 0.6) is 0 Å². The predicted molar refractivity (Wildman–Crippen MR) is 61.1 cm³/mol. The van der Waals surface area contributed by atoms with Gasteiger partial charge in [-0.05, 0) is 32.1 Å². The summed E-state index contributed by atoms with van der Waals surface area (Å²) in [6, 6.07) is -0.862. The lowest BCUT2D eigenvalue weighted by atomic mass is 9.88. The summed E-state index contributed by atoms with van der Waals surface area (Å²) in [6.07, 6.45) is 2.13.